The van der Waals surface area contributed by atoms with E-state index in [0.29, 0.717) is 5.82 Å². The van der Waals surface area contributed by atoms with Gasteiger partial charge in [-0.1, -0.05) is 6.07 Å². The van der Waals surface area contributed by atoms with Gasteiger partial charge in [-0.3, -0.25) is 0 Å². The lowest BCUT2D eigenvalue weighted by Gasteiger charge is -2.12. The number of nitrogen functional groups attached to an aromatic ring is 1. The Labute approximate surface area is 84.3 Å². The zero-order chi connectivity index (χ0) is 10.4. The van der Waals surface area contributed by atoms with Gasteiger partial charge in [-0.15, -0.1) is 0 Å². The Hall–Kier alpha value is -1.13. The van der Waals surface area contributed by atoms with Crippen molar-refractivity contribution in [2.24, 2.45) is 5.73 Å². The van der Waals surface area contributed by atoms with Crippen molar-refractivity contribution in [2.45, 2.75) is 18.9 Å². The Balaban J connectivity index is 2.51. The summed E-state index contributed by atoms with van der Waals surface area (Å²) >= 11 is 0. The van der Waals surface area contributed by atoms with Crippen molar-refractivity contribution in [2.75, 3.05) is 19.5 Å². The third-order valence-electron chi connectivity index (χ3n) is 2.13. The summed E-state index contributed by atoms with van der Waals surface area (Å²) in [5, 5.41) is 0. The molecule has 1 rings (SSSR count). The zero-order valence-electron chi connectivity index (χ0n) is 8.44. The van der Waals surface area contributed by atoms with Crippen LogP contribution in [0.3, 0.4) is 0 Å². The van der Waals surface area contributed by atoms with E-state index in [1.54, 1.807) is 13.3 Å². The van der Waals surface area contributed by atoms with Crippen LogP contribution >= 0.6 is 0 Å². The van der Waals surface area contributed by atoms with Crippen molar-refractivity contribution >= 4 is 5.82 Å². The van der Waals surface area contributed by atoms with Crippen LogP contribution in [0.1, 0.15) is 24.4 Å². The number of hydrogen-bond acceptors (Lipinski definition) is 4. The molecule has 0 saturated carbocycles. The first-order chi connectivity index (χ1) is 6.75. The third kappa shape index (κ3) is 2.97. The number of nitrogens with zero attached hydrogens (tertiary/aromatic N) is 1. The van der Waals surface area contributed by atoms with Crippen molar-refractivity contribution in [3.8, 4) is 0 Å². The highest BCUT2D eigenvalue weighted by molar-refractivity contribution is 5.40. The lowest BCUT2D eigenvalue weighted by Crippen LogP contribution is -2.13. The second kappa shape index (κ2) is 5.57. The molecule has 0 aliphatic rings. The Morgan fingerprint density at radius 2 is 2.36 bits per heavy atom. The van der Waals surface area contributed by atoms with Crippen LogP contribution in [0, 0.1) is 0 Å². The molecular formula is C10H17N3O. The molecule has 4 N–H and O–H groups in total. The standard InChI is InChI=1S/C10H17N3O/c1-14-7-3-5-9(11)8-4-2-6-13-10(8)12/h2,4,6,9H,3,5,7,11H2,1H3,(H2,12,13). The molecule has 1 atom stereocenters. The van der Waals surface area contributed by atoms with Gasteiger partial charge in [0.1, 0.15) is 5.82 Å². The molecule has 1 unspecified atom stereocenters. The highest BCUT2D eigenvalue weighted by Gasteiger charge is 2.08. The molecule has 0 bridgehead atoms. The Bertz CT molecular complexity index is 278. The predicted octanol–water partition coefficient (Wildman–Crippen LogP) is 1.09. The molecule has 1 heterocycles. The zero-order valence-corrected chi connectivity index (χ0v) is 8.44. The van der Waals surface area contributed by atoms with Gasteiger partial charge in [-0.2, -0.15) is 0 Å². The maximum Gasteiger partial charge on any atom is 0.128 e. The molecule has 1 aromatic rings. The summed E-state index contributed by atoms with van der Waals surface area (Å²) < 4.78 is 4.96. The third-order valence-corrected chi connectivity index (χ3v) is 2.13. The largest absolute Gasteiger partial charge is 0.385 e. The highest BCUT2D eigenvalue weighted by atomic mass is 16.5. The minimum atomic E-state index is -0.0427. The molecule has 0 spiro atoms. The number of aromatic nitrogens is 1. The quantitative estimate of drug-likeness (QED) is 0.690. The van der Waals surface area contributed by atoms with E-state index in [1.807, 2.05) is 12.1 Å². The van der Waals surface area contributed by atoms with Gasteiger partial charge in [0, 0.05) is 31.5 Å². The smallest absolute Gasteiger partial charge is 0.128 e. The molecule has 78 valence electrons. The van der Waals surface area contributed by atoms with E-state index in [9.17, 15) is 0 Å². The van der Waals surface area contributed by atoms with Crippen LogP contribution in [-0.2, 0) is 4.74 Å². The molecule has 0 amide bonds. The molecule has 0 aromatic carbocycles. The molecule has 0 saturated heterocycles. The Morgan fingerprint density at radius 1 is 1.57 bits per heavy atom. The van der Waals surface area contributed by atoms with Crippen molar-refractivity contribution in [1.29, 1.82) is 0 Å². The number of hydrogen-bond donors (Lipinski definition) is 2. The average Bonchev–Trinajstić information content (AvgIpc) is 2.18. The van der Waals surface area contributed by atoms with Crippen LogP contribution in [0.15, 0.2) is 18.3 Å². The monoisotopic (exact) mass is 195 g/mol. The minimum Gasteiger partial charge on any atom is -0.385 e. The van der Waals surface area contributed by atoms with Crippen LogP contribution in [0.5, 0.6) is 0 Å². The van der Waals surface area contributed by atoms with Gasteiger partial charge in [0.05, 0.1) is 0 Å². The van der Waals surface area contributed by atoms with E-state index < -0.39 is 0 Å². The van der Waals surface area contributed by atoms with Gasteiger partial charge in [0.15, 0.2) is 0 Å². The second-order valence-electron chi connectivity index (χ2n) is 3.22. The van der Waals surface area contributed by atoms with Crippen LogP contribution in [0.4, 0.5) is 5.82 Å². The molecule has 0 aliphatic heterocycles. The SMILES string of the molecule is COCCCC(N)c1cccnc1N. The van der Waals surface area contributed by atoms with Gasteiger partial charge in [0.25, 0.3) is 0 Å². The molecule has 0 aliphatic carbocycles. The van der Waals surface area contributed by atoms with Gasteiger partial charge in [-0.05, 0) is 18.9 Å². The van der Waals surface area contributed by atoms with Crippen LogP contribution in [0.2, 0.25) is 0 Å². The Kier molecular flexibility index (Phi) is 4.35. The van der Waals surface area contributed by atoms with Gasteiger partial charge in [0.2, 0.25) is 0 Å². The van der Waals surface area contributed by atoms with Crippen LogP contribution < -0.4 is 11.5 Å². The van der Waals surface area contributed by atoms with Crippen LogP contribution in [0.25, 0.3) is 0 Å². The van der Waals surface area contributed by atoms with E-state index in [2.05, 4.69) is 4.98 Å². The number of ether oxygens (including phenoxy) is 1. The van der Waals surface area contributed by atoms with Gasteiger partial charge < -0.3 is 16.2 Å². The number of anilines is 1. The highest BCUT2D eigenvalue weighted by Crippen LogP contribution is 2.19. The van der Waals surface area contributed by atoms with E-state index in [1.165, 1.54) is 0 Å². The van der Waals surface area contributed by atoms with Crippen molar-refractivity contribution < 1.29 is 4.74 Å². The first-order valence-electron chi connectivity index (χ1n) is 4.70. The first kappa shape index (κ1) is 10.9. The fourth-order valence-electron chi connectivity index (χ4n) is 1.35. The topological polar surface area (TPSA) is 74.2 Å². The summed E-state index contributed by atoms with van der Waals surface area (Å²) in [7, 11) is 1.68. The maximum absolute atomic E-state index is 5.96. The summed E-state index contributed by atoms with van der Waals surface area (Å²) in [6.45, 7) is 0.730. The minimum absolute atomic E-state index is 0.0427. The molecule has 14 heavy (non-hydrogen) atoms. The maximum atomic E-state index is 5.96. The van der Waals surface area contributed by atoms with E-state index in [4.69, 9.17) is 16.2 Å². The number of pyridine rings is 1. The van der Waals surface area contributed by atoms with E-state index in [-0.39, 0.29) is 6.04 Å². The Morgan fingerprint density at radius 3 is 3.00 bits per heavy atom. The van der Waals surface area contributed by atoms with E-state index >= 15 is 0 Å². The van der Waals surface area contributed by atoms with Crippen molar-refractivity contribution in [3.63, 3.8) is 0 Å². The molecule has 0 fully saturated rings. The summed E-state index contributed by atoms with van der Waals surface area (Å²) in [6.07, 6.45) is 3.47. The number of nitrogens with two attached hydrogens (primary N) is 2. The fraction of sp³-hybridized carbons (Fsp3) is 0.500. The lowest BCUT2D eigenvalue weighted by atomic mass is 10.0. The van der Waals surface area contributed by atoms with Crippen molar-refractivity contribution in [1.82, 2.24) is 4.98 Å². The first-order valence-corrected chi connectivity index (χ1v) is 4.70. The predicted molar refractivity (Wildman–Crippen MR) is 56.7 cm³/mol. The molecular weight excluding hydrogens is 178 g/mol. The number of methoxy groups -OCH3 is 1. The lowest BCUT2D eigenvalue weighted by molar-refractivity contribution is 0.190. The van der Waals surface area contributed by atoms with Gasteiger partial charge >= 0.3 is 0 Å². The average molecular weight is 195 g/mol. The molecule has 4 heteroatoms. The summed E-state index contributed by atoms with van der Waals surface area (Å²) in [4.78, 5) is 3.99. The van der Waals surface area contributed by atoms with Gasteiger partial charge in [-0.25, -0.2) is 4.98 Å². The molecule has 4 nitrogen and oxygen atoms in total. The summed E-state index contributed by atoms with van der Waals surface area (Å²) in [6, 6.07) is 3.72. The molecule has 0 radical (unpaired) electrons. The summed E-state index contributed by atoms with van der Waals surface area (Å²) in [5.74, 6) is 0.525. The van der Waals surface area contributed by atoms with Crippen molar-refractivity contribution in [3.05, 3.63) is 23.9 Å². The van der Waals surface area contributed by atoms with E-state index in [0.717, 1.165) is 25.0 Å². The normalized spacial score (nSPS) is 12.7. The van der Waals surface area contributed by atoms with Crippen LogP contribution in [-0.4, -0.2) is 18.7 Å². The summed E-state index contributed by atoms with van der Waals surface area (Å²) in [5.41, 5.74) is 12.6. The fourth-order valence-corrected chi connectivity index (χ4v) is 1.35. The molecule has 1 aromatic heterocycles. The number of rotatable bonds is 5. The second-order valence-corrected chi connectivity index (χ2v) is 3.22.